The molecule has 2 rings (SSSR count). The second-order valence-corrected chi connectivity index (χ2v) is 5.27. The first-order valence-corrected chi connectivity index (χ1v) is 6.82. The molecule has 100 valence electrons. The predicted octanol–water partition coefficient (Wildman–Crippen LogP) is 4.25. The summed E-state index contributed by atoms with van der Waals surface area (Å²) < 4.78 is 14.5. The van der Waals surface area contributed by atoms with Gasteiger partial charge in [-0.05, 0) is 31.2 Å². The highest BCUT2D eigenvalue weighted by atomic mass is 79.9. The Labute approximate surface area is 120 Å². The first kappa shape index (κ1) is 14.0. The first-order valence-electron chi connectivity index (χ1n) is 6.02. The van der Waals surface area contributed by atoms with Crippen LogP contribution in [0.5, 0.6) is 0 Å². The van der Waals surface area contributed by atoms with Crippen LogP contribution in [0, 0.1) is 5.82 Å². The number of aliphatic hydroxyl groups excluding tert-OH is 1. The van der Waals surface area contributed by atoms with Crippen molar-refractivity contribution < 1.29 is 9.50 Å². The quantitative estimate of drug-likeness (QED) is 0.881. The van der Waals surface area contributed by atoms with E-state index in [4.69, 9.17) is 0 Å². The van der Waals surface area contributed by atoms with E-state index >= 15 is 0 Å². The summed E-state index contributed by atoms with van der Waals surface area (Å²) >= 11 is 3.33. The number of nitrogens with one attached hydrogen (secondary N) is 1. The van der Waals surface area contributed by atoms with E-state index in [1.165, 1.54) is 6.07 Å². The molecule has 0 aliphatic heterocycles. The Morgan fingerprint density at radius 3 is 2.74 bits per heavy atom. The van der Waals surface area contributed by atoms with Crippen molar-refractivity contribution in [2.75, 3.05) is 5.32 Å². The fraction of sp³-hybridized carbons (Fsp3) is 0.200. The number of anilines is 1. The van der Waals surface area contributed by atoms with Crippen LogP contribution in [0.3, 0.4) is 0 Å². The normalized spacial score (nSPS) is 12.2. The number of hydrogen-bond donors (Lipinski definition) is 2. The summed E-state index contributed by atoms with van der Waals surface area (Å²) in [4.78, 5) is 0. The van der Waals surface area contributed by atoms with Crippen molar-refractivity contribution in [3.05, 3.63) is 63.9 Å². The van der Waals surface area contributed by atoms with Gasteiger partial charge in [-0.25, -0.2) is 4.39 Å². The fourth-order valence-corrected chi connectivity index (χ4v) is 2.30. The van der Waals surface area contributed by atoms with Gasteiger partial charge in [0.1, 0.15) is 5.82 Å². The lowest BCUT2D eigenvalue weighted by Crippen LogP contribution is -2.05. The average Bonchev–Trinajstić information content (AvgIpc) is 2.40. The molecule has 0 radical (unpaired) electrons. The van der Waals surface area contributed by atoms with E-state index in [9.17, 15) is 9.50 Å². The second kappa shape index (κ2) is 6.17. The molecule has 0 aromatic heterocycles. The van der Waals surface area contributed by atoms with Gasteiger partial charge < -0.3 is 10.4 Å². The van der Waals surface area contributed by atoms with Gasteiger partial charge in [0.15, 0.2) is 0 Å². The summed E-state index contributed by atoms with van der Waals surface area (Å²) in [5, 5.41) is 12.8. The second-order valence-electron chi connectivity index (χ2n) is 4.35. The molecule has 0 fully saturated rings. The smallest absolute Gasteiger partial charge is 0.128 e. The number of rotatable bonds is 4. The van der Waals surface area contributed by atoms with Gasteiger partial charge in [-0.3, -0.25) is 0 Å². The third-order valence-electron chi connectivity index (χ3n) is 2.89. The number of para-hydroxylation sites is 1. The Hall–Kier alpha value is -1.39. The van der Waals surface area contributed by atoms with Gasteiger partial charge in [-0.15, -0.1) is 0 Å². The van der Waals surface area contributed by atoms with Crippen LogP contribution in [0.25, 0.3) is 0 Å². The molecular formula is C15H15BrFNO. The lowest BCUT2D eigenvalue weighted by Gasteiger charge is -2.14. The van der Waals surface area contributed by atoms with E-state index in [1.807, 2.05) is 24.3 Å². The molecule has 0 amide bonds. The third-order valence-corrected chi connectivity index (χ3v) is 3.38. The fourth-order valence-electron chi connectivity index (χ4n) is 1.89. The van der Waals surface area contributed by atoms with Crippen LogP contribution >= 0.6 is 15.9 Å². The number of aliphatic hydroxyl groups is 1. The minimum atomic E-state index is -0.559. The highest BCUT2D eigenvalue weighted by molar-refractivity contribution is 9.10. The number of halogens is 2. The standard InChI is InChI=1S/C15H15BrFNO/c1-10(19)13-4-2-3-5-15(13)18-9-11-8-12(16)6-7-14(11)17/h2-8,10,18-19H,9H2,1H3. The SMILES string of the molecule is CC(O)c1ccccc1NCc1cc(Br)ccc1F. The van der Waals surface area contributed by atoms with Crippen LogP contribution < -0.4 is 5.32 Å². The lowest BCUT2D eigenvalue weighted by molar-refractivity contribution is 0.200. The topological polar surface area (TPSA) is 32.3 Å². The number of benzene rings is 2. The van der Waals surface area contributed by atoms with Gasteiger partial charge in [0.25, 0.3) is 0 Å². The largest absolute Gasteiger partial charge is 0.389 e. The Balaban J connectivity index is 2.17. The van der Waals surface area contributed by atoms with Gasteiger partial charge in [0.2, 0.25) is 0 Å². The van der Waals surface area contributed by atoms with Crippen LogP contribution in [0.4, 0.5) is 10.1 Å². The van der Waals surface area contributed by atoms with E-state index in [1.54, 1.807) is 19.1 Å². The summed E-state index contributed by atoms with van der Waals surface area (Å²) in [5.74, 6) is -0.245. The van der Waals surface area contributed by atoms with Crippen molar-refractivity contribution in [2.24, 2.45) is 0 Å². The maximum absolute atomic E-state index is 13.6. The molecule has 19 heavy (non-hydrogen) atoms. The first-order chi connectivity index (χ1) is 9.08. The van der Waals surface area contributed by atoms with Crippen LogP contribution in [-0.2, 0) is 6.54 Å². The Bertz CT molecular complexity index is 572. The molecule has 2 N–H and O–H groups in total. The lowest BCUT2D eigenvalue weighted by atomic mass is 10.1. The maximum atomic E-state index is 13.6. The summed E-state index contributed by atoms with van der Waals surface area (Å²) in [6.07, 6.45) is -0.559. The zero-order valence-corrected chi connectivity index (χ0v) is 12.1. The van der Waals surface area contributed by atoms with Gasteiger partial charge in [0, 0.05) is 27.8 Å². The van der Waals surface area contributed by atoms with Crippen LogP contribution in [0.2, 0.25) is 0 Å². The molecule has 0 aliphatic rings. The third kappa shape index (κ3) is 3.55. The molecule has 0 aliphatic carbocycles. The molecule has 2 nitrogen and oxygen atoms in total. The van der Waals surface area contributed by atoms with Gasteiger partial charge in [-0.1, -0.05) is 34.1 Å². The zero-order chi connectivity index (χ0) is 13.8. The Kier molecular flexibility index (Phi) is 4.56. The zero-order valence-electron chi connectivity index (χ0n) is 10.5. The molecule has 0 heterocycles. The summed E-state index contributed by atoms with van der Waals surface area (Å²) in [6.45, 7) is 2.08. The van der Waals surface area contributed by atoms with Crippen LogP contribution in [0.15, 0.2) is 46.9 Å². The molecule has 0 bridgehead atoms. The van der Waals surface area contributed by atoms with Crippen molar-refractivity contribution in [1.82, 2.24) is 0 Å². The van der Waals surface area contributed by atoms with E-state index in [0.29, 0.717) is 12.1 Å². The molecular weight excluding hydrogens is 309 g/mol. The molecule has 1 unspecified atom stereocenters. The highest BCUT2D eigenvalue weighted by Crippen LogP contribution is 2.23. The summed E-state index contributed by atoms with van der Waals surface area (Å²) in [6, 6.07) is 12.3. The van der Waals surface area contributed by atoms with Crippen molar-refractivity contribution in [3.63, 3.8) is 0 Å². The Morgan fingerprint density at radius 2 is 2.00 bits per heavy atom. The van der Waals surface area contributed by atoms with Gasteiger partial charge in [0.05, 0.1) is 6.10 Å². The van der Waals surface area contributed by atoms with Crippen LogP contribution in [-0.4, -0.2) is 5.11 Å². The van der Waals surface area contributed by atoms with Crippen molar-refractivity contribution in [2.45, 2.75) is 19.6 Å². The monoisotopic (exact) mass is 323 g/mol. The van der Waals surface area contributed by atoms with E-state index in [0.717, 1.165) is 15.7 Å². The molecule has 1 atom stereocenters. The summed E-state index contributed by atoms with van der Waals surface area (Å²) in [7, 11) is 0. The average molecular weight is 324 g/mol. The van der Waals surface area contributed by atoms with Crippen molar-refractivity contribution in [3.8, 4) is 0 Å². The highest BCUT2D eigenvalue weighted by Gasteiger charge is 2.08. The minimum Gasteiger partial charge on any atom is -0.389 e. The molecule has 0 spiro atoms. The van der Waals surface area contributed by atoms with Crippen molar-refractivity contribution >= 4 is 21.6 Å². The minimum absolute atomic E-state index is 0.245. The molecule has 4 heteroatoms. The summed E-state index contributed by atoms with van der Waals surface area (Å²) in [5.41, 5.74) is 2.20. The number of hydrogen-bond acceptors (Lipinski definition) is 2. The van der Waals surface area contributed by atoms with E-state index in [2.05, 4.69) is 21.2 Å². The molecule has 0 saturated carbocycles. The van der Waals surface area contributed by atoms with E-state index in [-0.39, 0.29) is 5.82 Å². The molecule has 0 saturated heterocycles. The van der Waals surface area contributed by atoms with Gasteiger partial charge in [-0.2, -0.15) is 0 Å². The molecule has 2 aromatic rings. The van der Waals surface area contributed by atoms with E-state index < -0.39 is 6.10 Å². The molecule has 2 aromatic carbocycles. The van der Waals surface area contributed by atoms with Crippen molar-refractivity contribution in [1.29, 1.82) is 0 Å². The predicted molar refractivity (Wildman–Crippen MR) is 78.5 cm³/mol. The maximum Gasteiger partial charge on any atom is 0.128 e. The van der Waals surface area contributed by atoms with Gasteiger partial charge >= 0.3 is 0 Å². The van der Waals surface area contributed by atoms with Crippen LogP contribution in [0.1, 0.15) is 24.2 Å². The Morgan fingerprint density at radius 1 is 1.26 bits per heavy atom.